The van der Waals surface area contributed by atoms with Crippen molar-refractivity contribution in [2.75, 3.05) is 0 Å². The summed E-state index contributed by atoms with van der Waals surface area (Å²) in [6.45, 7) is 0. The second-order valence-electron chi connectivity index (χ2n) is 3.81. The normalized spacial score (nSPS) is 10.9. The number of rotatable bonds is 2. The molecule has 0 N–H and O–H groups in total. The predicted molar refractivity (Wildman–Crippen MR) is 68.5 cm³/mol. The van der Waals surface area contributed by atoms with Crippen molar-refractivity contribution in [2.24, 2.45) is 0 Å². The minimum atomic E-state index is 0.796. The zero-order valence-corrected chi connectivity index (χ0v) is 11.5. The number of fused-ring (bicyclic) bond motifs is 1. The van der Waals surface area contributed by atoms with Gasteiger partial charge in [-0.25, -0.2) is 0 Å². The Morgan fingerprint density at radius 1 is 1.06 bits per heavy atom. The molecule has 0 spiro atoms. The van der Waals surface area contributed by atoms with E-state index in [9.17, 15) is 0 Å². The Balaban J connectivity index is 2.06. The molecule has 0 aliphatic carbocycles. The van der Waals surface area contributed by atoms with Crippen LogP contribution in [0, 0.1) is 0 Å². The average molecular weight is 286 g/mol. The quantitative estimate of drug-likeness (QED) is 0.655. The van der Waals surface area contributed by atoms with Gasteiger partial charge in [-0.2, -0.15) is 0 Å². The van der Waals surface area contributed by atoms with E-state index in [1.807, 2.05) is 21.7 Å². The van der Waals surface area contributed by atoms with E-state index in [4.69, 9.17) is 0 Å². The number of benzene rings is 1. The number of hydrogen-bond donors (Lipinski definition) is 0. The first kappa shape index (κ1) is 10.5. The summed E-state index contributed by atoms with van der Waals surface area (Å²) < 4.78 is 1.97. The molecule has 3 aromatic rings. The van der Waals surface area contributed by atoms with Crippen LogP contribution in [0.25, 0.3) is 11.2 Å². The van der Waals surface area contributed by atoms with E-state index in [1.54, 1.807) is 12.7 Å². The van der Waals surface area contributed by atoms with E-state index in [0.717, 1.165) is 23.3 Å². The molecule has 4 nitrogen and oxygen atoms in total. The van der Waals surface area contributed by atoms with E-state index in [-0.39, 0.29) is 0 Å². The molecule has 0 aliphatic rings. The first-order valence-electron chi connectivity index (χ1n) is 5.30. The molecule has 0 fully saturated rings. The van der Waals surface area contributed by atoms with Crippen LogP contribution in [0.3, 0.4) is 0 Å². The van der Waals surface area contributed by atoms with Crippen molar-refractivity contribution in [3.63, 3.8) is 0 Å². The second-order valence-corrected chi connectivity index (χ2v) is 4.97. The van der Waals surface area contributed by atoms with Crippen molar-refractivity contribution >= 4 is 28.2 Å². The third-order valence-corrected chi connectivity index (χ3v) is 3.44. The van der Waals surface area contributed by atoms with Gasteiger partial charge in [0.25, 0.3) is 0 Å². The van der Waals surface area contributed by atoms with Gasteiger partial charge in [0, 0.05) is 0 Å². The fraction of sp³-hybridized carbons (Fsp3) is 0.0833. The summed E-state index contributed by atoms with van der Waals surface area (Å²) in [5.74, 6) is 0. The predicted octanol–water partition coefficient (Wildman–Crippen LogP) is 0.813. The van der Waals surface area contributed by atoms with Crippen molar-refractivity contribution < 1.29 is 0 Å². The molecule has 0 amide bonds. The summed E-state index contributed by atoms with van der Waals surface area (Å²) in [5.41, 5.74) is 4.04. The summed E-state index contributed by atoms with van der Waals surface area (Å²) >= 11 is 1.47. The van der Waals surface area contributed by atoms with Crippen LogP contribution in [-0.2, 0) is 6.42 Å². The monoisotopic (exact) mass is 286 g/mol. The number of nitrogens with zero attached hydrogens (tertiary/aromatic N) is 4. The Labute approximate surface area is 107 Å². The van der Waals surface area contributed by atoms with Gasteiger partial charge in [-0.05, 0) is 0 Å². The van der Waals surface area contributed by atoms with Gasteiger partial charge in [0.15, 0.2) is 0 Å². The Bertz CT molecular complexity index is 648. The van der Waals surface area contributed by atoms with Crippen molar-refractivity contribution in [1.29, 1.82) is 0 Å². The zero-order chi connectivity index (χ0) is 11.7. The van der Waals surface area contributed by atoms with Gasteiger partial charge >= 0.3 is 107 Å². The Morgan fingerprint density at radius 3 is 2.71 bits per heavy atom. The molecule has 5 heteroatoms. The topological polar surface area (TPSA) is 43.6 Å². The maximum atomic E-state index is 4.37. The van der Waals surface area contributed by atoms with Gasteiger partial charge in [0.1, 0.15) is 0 Å². The van der Waals surface area contributed by atoms with Crippen LogP contribution in [-0.4, -0.2) is 35.5 Å². The van der Waals surface area contributed by atoms with E-state index < -0.39 is 0 Å². The molecule has 0 saturated heterocycles. The van der Waals surface area contributed by atoms with Crippen molar-refractivity contribution in [3.05, 3.63) is 54.2 Å². The fourth-order valence-electron chi connectivity index (χ4n) is 1.82. The third-order valence-electron chi connectivity index (χ3n) is 2.65. The number of imidazole rings is 1. The van der Waals surface area contributed by atoms with Gasteiger partial charge in [-0.3, -0.25) is 0 Å². The molecule has 3 rings (SSSR count). The van der Waals surface area contributed by atoms with Gasteiger partial charge in [0.2, 0.25) is 0 Å². The first-order valence-corrected chi connectivity index (χ1v) is 6.39. The molecule has 17 heavy (non-hydrogen) atoms. The molecule has 84 valence electrons. The molecule has 0 bridgehead atoms. The first-order chi connectivity index (χ1) is 8.34. The molecule has 1 atom stereocenters. The molecule has 0 radical (unpaired) electrons. The number of hydrogen-bond acceptors (Lipinski definition) is 3. The zero-order valence-electron chi connectivity index (χ0n) is 9.11. The summed E-state index contributed by atoms with van der Waals surface area (Å²) in [6, 6.07) is 10.3. The van der Waals surface area contributed by atoms with Crippen LogP contribution in [0.1, 0.15) is 11.3 Å². The SMILES string of the molecule is [AsH2]n1cnc2c(Cc3ccccc3)ncnc21. The molecule has 1 unspecified atom stereocenters. The van der Waals surface area contributed by atoms with Gasteiger partial charge in [-0.15, -0.1) is 0 Å². The van der Waals surface area contributed by atoms with Gasteiger partial charge in [-0.1, -0.05) is 0 Å². The van der Waals surface area contributed by atoms with Crippen LogP contribution in [0.2, 0.25) is 0 Å². The molecule has 0 aliphatic heterocycles. The van der Waals surface area contributed by atoms with Crippen LogP contribution in [0.15, 0.2) is 43.0 Å². The Morgan fingerprint density at radius 2 is 1.88 bits per heavy atom. The van der Waals surface area contributed by atoms with Crippen molar-refractivity contribution in [2.45, 2.75) is 6.42 Å². The standard InChI is InChI=1S/C12H11AsN4/c13-17-8-16-11-10(14-7-15-12(11)17)6-9-4-2-1-3-5-9/h1-5,7-8H,6,13H2. The summed E-state index contributed by atoms with van der Waals surface area (Å²) in [6.07, 6.45) is 4.20. The van der Waals surface area contributed by atoms with Crippen LogP contribution in [0.4, 0.5) is 0 Å². The van der Waals surface area contributed by atoms with Crippen LogP contribution in [0.5, 0.6) is 0 Å². The molecule has 2 heterocycles. The van der Waals surface area contributed by atoms with Gasteiger partial charge in [0.05, 0.1) is 0 Å². The van der Waals surface area contributed by atoms with E-state index >= 15 is 0 Å². The second kappa shape index (κ2) is 4.30. The number of aromatic nitrogens is 4. The average Bonchev–Trinajstić information content (AvgIpc) is 2.74. The van der Waals surface area contributed by atoms with Crippen LogP contribution >= 0.6 is 0 Å². The summed E-state index contributed by atoms with van der Waals surface area (Å²) in [4.78, 5) is 13.0. The van der Waals surface area contributed by atoms with Crippen molar-refractivity contribution in [3.8, 4) is 0 Å². The van der Waals surface area contributed by atoms with E-state index in [0.29, 0.717) is 0 Å². The molecule has 2 aromatic heterocycles. The minimum absolute atomic E-state index is 0.796. The molecular weight excluding hydrogens is 275 g/mol. The summed E-state index contributed by atoms with van der Waals surface area (Å²) in [7, 11) is 0. The molecule has 0 saturated carbocycles. The molecular formula is C12H11AsN4. The van der Waals surface area contributed by atoms with Crippen LogP contribution < -0.4 is 0 Å². The van der Waals surface area contributed by atoms with Crippen molar-refractivity contribution in [1.82, 2.24) is 18.4 Å². The Kier molecular flexibility index (Phi) is 2.65. The maximum absolute atomic E-state index is 4.37. The Hall–Kier alpha value is -1.67. The third kappa shape index (κ3) is 1.96. The molecule has 1 aromatic carbocycles. The fourth-order valence-corrected chi connectivity index (χ4v) is 2.36. The van der Waals surface area contributed by atoms with Gasteiger partial charge < -0.3 is 0 Å². The van der Waals surface area contributed by atoms with E-state index in [2.05, 4.69) is 27.1 Å². The van der Waals surface area contributed by atoms with E-state index in [1.165, 1.54) is 22.6 Å². The summed E-state index contributed by atoms with van der Waals surface area (Å²) in [5, 5.41) is 0.